The number of azo groups is 1. The molecule has 4 rings (SSSR count). The SMILES string of the molecule is O=C1CCC(N2C(=O)c3cccc(/N=N/c4ccc(O)c(C(=O)O)c4)c3C2=O)C(=O)N1. The third kappa shape index (κ3) is 3.41. The van der Waals surface area contributed by atoms with E-state index in [0.29, 0.717) is 0 Å². The maximum atomic E-state index is 13.0. The number of amides is 4. The molecule has 0 bridgehead atoms. The number of nitrogens with one attached hydrogen (secondary N) is 1. The van der Waals surface area contributed by atoms with Gasteiger partial charge in [0.05, 0.1) is 22.5 Å². The smallest absolute Gasteiger partial charge is 0.339 e. The van der Waals surface area contributed by atoms with Crippen LogP contribution in [0.5, 0.6) is 5.75 Å². The monoisotopic (exact) mass is 422 g/mol. The number of carbonyl (C=O) groups excluding carboxylic acids is 4. The molecular weight excluding hydrogens is 408 g/mol. The number of carboxylic acids is 1. The van der Waals surface area contributed by atoms with Gasteiger partial charge in [-0.1, -0.05) is 6.07 Å². The molecule has 0 spiro atoms. The Kier molecular flexibility index (Phi) is 4.78. The third-order valence-corrected chi connectivity index (χ3v) is 4.93. The van der Waals surface area contributed by atoms with Crippen molar-refractivity contribution in [2.45, 2.75) is 18.9 Å². The lowest BCUT2D eigenvalue weighted by atomic mass is 10.0. The average Bonchev–Trinajstić information content (AvgIpc) is 2.98. The van der Waals surface area contributed by atoms with Gasteiger partial charge >= 0.3 is 5.97 Å². The lowest BCUT2D eigenvalue weighted by molar-refractivity contribution is -0.136. The molecule has 4 amide bonds. The van der Waals surface area contributed by atoms with Crippen molar-refractivity contribution in [1.29, 1.82) is 0 Å². The van der Waals surface area contributed by atoms with Crippen LogP contribution in [0.15, 0.2) is 46.6 Å². The van der Waals surface area contributed by atoms with Crippen molar-refractivity contribution in [3.8, 4) is 5.75 Å². The van der Waals surface area contributed by atoms with Gasteiger partial charge in [0.15, 0.2) is 0 Å². The standard InChI is InChI=1S/C20H14N4O7/c25-14-6-4-9(8-11(14)20(30)31)22-23-12-3-1-2-10-16(12)19(29)24(18(10)28)13-5-7-15(26)21-17(13)27/h1-4,6,8,13,25H,5,7H2,(H,30,31)(H,21,26,27)/b23-22+. The number of piperidine rings is 1. The number of phenols is 1. The number of rotatable bonds is 4. The normalized spacial score (nSPS) is 18.5. The molecular formula is C20H14N4O7. The fraction of sp³-hybridized carbons (Fsp3) is 0.150. The average molecular weight is 422 g/mol. The molecule has 1 fully saturated rings. The molecule has 1 unspecified atom stereocenters. The zero-order chi connectivity index (χ0) is 22.3. The van der Waals surface area contributed by atoms with Gasteiger partial charge in [0.2, 0.25) is 11.8 Å². The van der Waals surface area contributed by atoms with Gasteiger partial charge in [0.25, 0.3) is 11.8 Å². The lowest BCUT2D eigenvalue weighted by Crippen LogP contribution is -2.54. The van der Waals surface area contributed by atoms with Crippen LogP contribution in [0.25, 0.3) is 0 Å². The van der Waals surface area contributed by atoms with Crippen molar-refractivity contribution in [1.82, 2.24) is 10.2 Å². The Hall–Kier alpha value is -4.41. The van der Waals surface area contributed by atoms with Gasteiger partial charge in [-0.15, -0.1) is 5.11 Å². The van der Waals surface area contributed by atoms with Crippen LogP contribution in [0.2, 0.25) is 0 Å². The first kappa shape index (κ1) is 19.9. The predicted molar refractivity (Wildman–Crippen MR) is 102 cm³/mol. The van der Waals surface area contributed by atoms with Crippen molar-refractivity contribution in [3.63, 3.8) is 0 Å². The molecule has 0 aliphatic carbocycles. The quantitative estimate of drug-likeness (QED) is 0.500. The van der Waals surface area contributed by atoms with Gasteiger partial charge in [-0.2, -0.15) is 5.11 Å². The Morgan fingerprint density at radius 1 is 1.06 bits per heavy atom. The number of benzene rings is 2. The van der Waals surface area contributed by atoms with E-state index in [0.717, 1.165) is 17.0 Å². The molecule has 1 saturated heterocycles. The number of nitrogens with zero attached hydrogens (tertiary/aromatic N) is 3. The van der Waals surface area contributed by atoms with Crippen LogP contribution in [0.3, 0.4) is 0 Å². The molecule has 11 heteroatoms. The van der Waals surface area contributed by atoms with Gasteiger partial charge in [-0.3, -0.25) is 29.4 Å². The minimum absolute atomic E-state index is 0.00312. The molecule has 2 heterocycles. The number of carbonyl (C=O) groups is 5. The molecule has 0 aromatic heterocycles. The van der Waals surface area contributed by atoms with Crippen LogP contribution >= 0.6 is 0 Å². The van der Waals surface area contributed by atoms with E-state index < -0.39 is 41.4 Å². The largest absolute Gasteiger partial charge is 0.507 e. The van der Waals surface area contributed by atoms with E-state index in [4.69, 9.17) is 5.11 Å². The molecule has 2 aromatic rings. The summed E-state index contributed by atoms with van der Waals surface area (Å²) in [6.45, 7) is 0. The second-order valence-electron chi connectivity index (χ2n) is 6.85. The second kappa shape index (κ2) is 7.44. The minimum atomic E-state index is -1.35. The maximum Gasteiger partial charge on any atom is 0.339 e. The van der Waals surface area contributed by atoms with Crippen molar-refractivity contribution in [2.75, 3.05) is 0 Å². The van der Waals surface area contributed by atoms with E-state index in [1.807, 2.05) is 0 Å². The first-order valence-electron chi connectivity index (χ1n) is 9.10. The highest BCUT2D eigenvalue weighted by Gasteiger charge is 2.45. The molecule has 2 aromatic carbocycles. The van der Waals surface area contributed by atoms with Gasteiger partial charge in [-0.05, 0) is 36.8 Å². The van der Waals surface area contributed by atoms with Crippen molar-refractivity contribution in [2.24, 2.45) is 10.2 Å². The second-order valence-corrected chi connectivity index (χ2v) is 6.85. The van der Waals surface area contributed by atoms with Crippen molar-refractivity contribution < 1.29 is 34.2 Å². The first-order valence-corrected chi connectivity index (χ1v) is 9.10. The molecule has 2 aliphatic heterocycles. The predicted octanol–water partition coefficient (Wildman–Crippen LogP) is 1.91. The molecule has 1 atom stereocenters. The number of fused-ring (bicyclic) bond motifs is 1. The number of carboxylic acid groups (broad SMARTS) is 1. The number of aromatic hydroxyl groups is 1. The Bertz CT molecular complexity index is 1200. The molecule has 3 N–H and O–H groups in total. The number of aromatic carboxylic acids is 1. The lowest BCUT2D eigenvalue weighted by Gasteiger charge is -2.27. The van der Waals surface area contributed by atoms with Crippen LogP contribution in [-0.2, 0) is 9.59 Å². The Labute approximate surface area is 174 Å². The van der Waals surface area contributed by atoms with E-state index in [1.54, 1.807) is 0 Å². The highest BCUT2D eigenvalue weighted by atomic mass is 16.4. The number of hydrogen-bond acceptors (Lipinski definition) is 8. The number of imide groups is 2. The zero-order valence-electron chi connectivity index (χ0n) is 15.7. The van der Waals surface area contributed by atoms with Crippen LogP contribution in [0.4, 0.5) is 11.4 Å². The summed E-state index contributed by atoms with van der Waals surface area (Å²) in [5, 5.41) is 28.7. The summed E-state index contributed by atoms with van der Waals surface area (Å²) >= 11 is 0. The maximum absolute atomic E-state index is 13.0. The summed E-state index contributed by atoms with van der Waals surface area (Å²) < 4.78 is 0. The Morgan fingerprint density at radius 3 is 2.55 bits per heavy atom. The zero-order valence-corrected chi connectivity index (χ0v) is 15.7. The highest BCUT2D eigenvalue weighted by molar-refractivity contribution is 6.25. The topological polar surface area (TPSA) is 166 Å². The van der Waals surface area contributed by atoms with E-state index in [2.05, 4.69) is 15.5 Å². The number of hydrogen-bond donors (Lipinski definition) is 3. The summed E-state index contributed by atoms with van der Waals surface area (Å²) in [5.74, 6) is -4.39. The van der Waals surface area contributed by atoms with Crippen molar-refractivity contribution in [3.05, 3.63) is 53.1 Å². The fourth-order valence-electron chi connectivity index (χ4n) is 3.45. The Morgan fingerprint density at radius 2 is 1.84 bits per heavy atom. The molecule has 156 valence electrons. The molecule has 11 nitrogen and oxygen atoms in total. The third-order valence-electron chi connectivity index (χ3n) is 4.93. The summed E-state index contributed by atoms with van der Waals surface area (Å²) in [7, 11) is 0. The summed E-state index contributed by atoms with van der Waals surface area (Å²) in [5.41, 5.74) is -0.214. The molecule has 0 radical (unpaired) electrons. The minimum Gasteiger partial charge on any atom is -0.507 e. The van der Waals surface area contributed by atoms with Crippen LogP contribution in [0.1, 0.15) is 43.9 Å². The van der Waals surface area contributed by atoms with Gasteiger partial charge in [-0.25, -0.2) is 4.79 Å². The van der Waals surface area contributed by atoms with E-state index in [9.17, 15) is 29.1 Å². The van der Waals surface area contributed by atoms with E-state index >= 15 is 0 Å². The van der Waals surface area contributed by atoms with Crippen molar-refractivity contribution >= 4 is 41.0 Å². The van der Waals surface area contributed by atoms with Gasteiger partial charge in [0, 0.05) is 6.42 Å². The summed E-state index contributed by atoms with van der Waals surface area (Å²) in [4.78, 5) is 61.3. The summed E-state index contributed by atoms with van der Waals surface area (Å²) in [6.07, 6.45) is 0.0294. The van der Waals surface area contributed by atoms with Gasteiger partial charge in [0.1, 0.15) is 17.4 Å². The summed E-state index contributed by atoms with van der Waals surface area (Å²) in [6, 6.07) is 6.83. The van der Waals surface area contributed by atoms with Crippen LogP contribution < -0.4 is 5.32 Å². The first-order chi connectivity index (χ1) is 14.8. The Balaban J connectivity index is 1.67. The van der Waals surface area contributed by atoms with Gasteiger partial charge < -0.3 is 10.2 Å². The van der Waals surface area contributed by atoms with E-state index in [1.165, 1.54) is 24.3 Å². The van der Waals surface area contributed by atoms with Crippen LogP contribution in [0, 0.1) is 0 Å². The fourth-order valence-corrected chi connectivity index (χ4v) is 3.45. The molecule has 2 aliphatic rings. The molecule has 0 saturated carbocycles. The van der Waals surface area contributed by atoms with Crippen LogP contribution in [-0.4, -0.2) is 50.8 Å². The highest BCUT2D eigenvalue weighted by Crippen LogP contribution is 2.35. The molecule has 31 heavy (non-hydrogen) atoms. The van der Waals surface area contributed by atoms with E-state index in [-0.39, 0.29) is 40.9 Å².